The van der Waals surface area contributed by atoms with E-state index in [1.165, 1.54) is 0 Å². The van der Waals surface area contributed by atoms with Gasteiger partial charge in [0.1, 0.15) is 0 Å². The SMILES string of the molecule is C[C@@H]1CN(C(=O)c2ccc(C(F)(F)F)cc2Cl)CCN1. The van der Waals surface area contributed by atoms with E-state index in [9.17, 15) is 18.0 Å². The third-order valence-electron chi connectivity index (χ3n) is 3.18. The van der Waals surface area contributed by atoms with Crippen LogP contribution < -0.4 is 5.32 Å². The average Bonchev–Trinajstić information content (AvgIpc) is 2.36. The van der Waals surface area contributed by atoms with Crippen molar-refractivity contribution in [3.8, 4) is 0 Å². The molecule has 1 fully saturated rings. The highest BCUT2D eigenvalue weighted by Crippen LogP contribution is 2.32. The largest absolute Gasteiger partial charge is 0.416 e. The minimum absolute atomic E-state index is 0.105. The lowest BCUT2D eigenvalue weighted by molar-refractivity contribution is -0.137. The molecule has 1 saturated heterocycles. The van der Waals surface area contributed by atoms with E-state index in [0.29, 0.717) is 19.6 Å². The van der Waals surface area contributed by atoms with Crippen LogP contribution >= 0.6 is 11.6 Å². The summed E-state index contributed by atoms with van der Waals surface area (Å²) >= 11 is 5.82. The van der Waals surface area contributed by atoms with Crippen LogP contribution in [0.5, 0.6) is 0 Å². The lowest BCUT2D eigenvalue weighted by Gasteiger charge is -2.32. The molecule has 1 aliphatic rings. The molecule has 110 valence electrons. The molecule has 1 amide bonds. The van der Waals surface area contributed by atoms with Gasteiger partial charge in [0.05, 0.1) is 16.1 Å². The molecule has 0 bridgehead atoms. The summed E-state index contributed by atoms with van der Waals surface area (Å²) in [6.07, 6.45) is -4.46. The highest BCUT2D eigenvalue weighted by molar-refractivity contribution is 6.33. The van der Waals surface area contributed by atoms with Crippen molar-refractivity contribution < 1.29 is 18.0 Å². The Morgan fingerprint density at radius 2 is 2.15 bits per heavy atom. The van der Waals surface area contributed by atoms with Gasteiger partial charge in [-0.25, -0.2) is 0 Å². The van der Waals surface area contributed by atoms with Crippen LogP contribution in [0.15, 0.2) is 18.2 Å². The smallest absolute Gasteiger partial charge is 0.336 e. The number of piperazine rings is 1. The van der Waals surface area contributed by atoms with Crippen molar-refractivity contribution in [2.24, 2.45) is 0 Å². The number of amides is 1. The summed E-state index contributed by atoms with van der Waals surface area (Å²) in [6.45, 7) is 3.62. The Morgan fingerprint density at radius 3 is 2.70 bits per heavy atom. The molecule has 0 unspecified atom stereocenters. The molecule has 1 aromatic rings. The van der Waals surface area contributed by atoms with Gasteiger partial charge in [-0.05, 0) is 25.1 Å². The fourth-order valence-corrected chi connectivity index (χ4v) is 2.41. The monoisotopic (exact) mass is 306 g/mol. The number of carbonyl (C=O) groups excluding carboxylic acids is 1. The molecule has 1 N–H and O–H groups in total. The fourth-order valence-electron chi connectivity index (χ4n) is 2.15. The molecule has 1 aromatic carbocycles. The summed E-state index contributed by atoms with van der Waals surface area (Å²) in [6, 6.07) is 2.96. The molecule has 1 heterocycles. The van der Waals surface area contributed by atoms with Crippen LogP contribution in [0.25, 0.3) is 0 Å². The molecular weight excluding hydrogens is 293 g/mol. The van der Waals surface area contributed by atoms with Crippen LogP contribution in [0.4, 0.5) is 13.2 Å². The summed E-state index contributed by atoms with van der Waals surface area (Å²) in [4.78, 5) is 13.9. The minimum atomic E-state index is -4.46. The number of hydrogen-bond donors (Lipinski definition) is 1. The van der Waals surface area contributed by atoms with Gasteiger partial charge in [0.2, 0.25) is 0 Å². The number of alkyl halides is 3. The van der Waals surface area contributed by atoms with Gasteiger partial charge >= 0.3 is 6.18 Å². The van der Waals surface area contributed by atoms with Gasteiger partial charge in [-0.3, -0.25) is 4.79 Å². The first-order chi connectivity index (χ1) is 9.29. The van der Waals surface area contributed by atoms with Crippen molar-refractivity contribution in [3.63, 3.8) is 0 Å². The van der Waals surface area contributed by atoms with E-state index in [1.807, 2.05) is 6.92 Å². The zero-order valence-corrected chi connectivity index (χ0v) is 11.6. The van der Waals surface area contributed by atoms with E-state index in [1.54, 1.807) is 4.90 Å². The Hall–Kier alpha value is -1.27. The summed E-state index contributed by atoms with van der Waals surface area (Å²) in [7, 11) is 0. The van der Waals surface area contributed by atoms with Crippen LogP contribution in [-0.2, 0) is 6.18 Å². The number of nitrogens with one attached hydrogen (secondary N) is 1. The predicted molar refractivity (Wildman–Crippen MR) is 69.8 cm³/mol. The molecule has 0 aliphatic carbocycles. The molecule has 0 radical (unpaired) electrons. The van der Waals surface area contributed by atoms with Crippen LogP contribution in [0, 0.1) is 0 Å². The van der Waals surface area contributed by atoms with Gasteiger partial charge in [0.15, 0.2) is 0 Å². The molecular formula is C13H14ClF3N2O. The van der Waals surface area contributed by atoms with E-state index in [4.69, 9.17) is 11.6 Å². The van der Waals surface area contributed by atoms with E-state index >= 15 is 0 Å². The Labute approximate surface area is 119 Å². The maximum absolute atomic E-state index is 12.5. The maximum Gasteiger partial charge on any atom is 0.416 e. The molecule has 7 heteroatoms. The molecule has 2 rings (SSSR count). The summed E-state index contributed by atoms with van der Waals surface area (Å²) in [5.41, 5.74) is -0.749. The maximum atomic E-state index is 12.5. The standard InChI is InChI=1S/C13H14ClF3N2O/c1-8-7-19(5-4-18-8)12(20)10-3-2-9(6-11(10)14)13(15,16)17/h2-3,6,8,18H,4-5,7H2,1H3/t8-/m1/s1. The van der Waals surface area contributed by atoms with E-state index in [0.717, 1.165) is 18.2 Å². The molecule has 1 aliphatic heterocycles. The number of halogens is 4. The number of benzene rings is 1. The Morgan fingerprint density at radius 1 is 1.45 bits per heavy atom. The highest BCUT2D eigenvalue weighted by atomic mass is 35.5. The van der Waals surface area contributed by atoms with Crippen molar-refractivity contribution in [1.29, 1.82) is 0 Å². The van der Waals surface area contributed by atoms with Crippen LogP contribution in [0.2, 0.25) is 5.02 Å². The first kappa shape index (κ1) is 15.1. The lowest BCUT2D eigenvalue weighted by Crippen LogP contribution is -2.51. The molecule has 0 aromatic heterocycles. The van der Waals surface area contributed by atoms with Gasteiger partial charge in [-0.1, -0.05) is 11.6 Å². The third-order valence-corrected chi connectivity index (χ3v) is 3.50. The normalized spacial score (nSPS) is 20.1. The van der Waals surface area contributed by atoms with Gasteiger partial charge in [0, 0.05) is 25.7 Å². The number of hydrogen-bond acceptors (Lipinski definition) is 2. The van der Waals surface area contributed by atoms with Gasteiger partial charge in [-0.15, -0.1) is 0 Å². The zero-order chi connectivity index (χ0) is 14.9. The summed E-state index contributed by atoms with van der Waals surface area (Å²) in [5, 5.41) is 3.02. The van der Waals surface area contributed by atoms with Crippen LogP contribution in [0.1, 0.15) is 22.8 Å². The Bertz CT molecular complexity index is 519. The first-order valence-corrected chi connectivity index (χ1v) is 6.56. The highest BCUT2D eigenvalue weighted by Gasteiger charge is 2.32. The van der Waals surface area contributed by atoms with Crippen molar-refractivity contribution >= 4 is 17.5 Å². The van der Waals surface area contributed by atoms with E-state index in [2.05, 4.69) is 5.32 Å². The molecule has 3 nitrogen and oxygen atoms in total. The zero-order valence-electron chi connectivity index (χ0n) is 10.8. The van der Waals surface area contributed by atoms with Crippen molar-refractivity contribution in [1.82, 2.24) is 10.2 Å². The van der Waals surface area contributed by atoms with Crippen LogP contribution in [0.3, 0.4) is 0 Å². The van der Waals surface area contributed by atoms with E-state index < -0.39 is 11.7 Å². The first-order valence-electron chi connectivity index (χ1n) is 6.18. The second-order valence-corrected chi connectivity index (χ2v) is 5.21. The average molecular weight is 307 g/mol. The van der Waals surface area contributed by atoms with Gasteiger partial charge in [-0.2, -0.15) is 13.2 Å². The lowest BCUT2D eigenvalue weighted by atomic mass is 10.1. The van der Waals surface area contributed by atoms with Crippen LogP contribution in [-0.4, -0.2) is 36.5 Å². The Balaban J connectivity index is 2.22. The van der Waals surface area contributed by atoms with E-state index in [-0.39, 0.29) is 22.5 Å². The summed E-state index contributed by atoms with van der Waals surface area (Å²) in [5.74, 6) is -0.336. The number of carbonyl (C=O) groups is 1. The molecule has 0 spiro atoms. The van der Waals surface area contributed by atoms with Gasteiger partial charge in [0.25, 0.3) is 5.91 Å². The van der Waals surface area contributed by atoms with Crippen molar-refractivity contribution in [2.75, 3.05) is 19.6 Å². The molecule has 20 heavy (non-hydrogen) atoms. The summed E-state index contributed by atoms with van der Waals surface area (Å²) < 4.78 is 37.6. The second-order valence-electron chi connectivity index (χ2n) is 4.80. The second kappa shape index (κ2) is 5.61. The predicted octanol–water partition coefficient (Wildman–Crippen LogP) is 2.79. The minimum Gasteiger partial charge on any atom is -0.336 e. The Kier molecular flexibility index (Phi) is 4.25. The van der Waals surface area contributed by atoms with Crippen molar-refractivity contribution in [2.45, 2.75) is 19.1 Å². The number of rotatable bonds is 1. The molecule has 1 atom stereocenters. The number of nitrogens with zero attached hydrogens (tertiary/aromatic N) is 1. The fraction of sp³-hybridized carbons (Fsp3) is 0.462. The third kappa shape index (κ3) is 3.24. The molecule has 0 saturated carbocycles. The van der Waals surface area contributed by atoms with Crippen molar-refractivity contribution in [3.05, 3.63) is 34.3 Å². The quantitative estimate of drug-likeness (QED) is 0.865. The topological polar surface area (TPSA) is 32.3 Å². The van der Waals surface area contributed by atoms with Gasteiger partial charge < -0.3 is 10.2 Å².